The maximum absolute atomic E-state index is 12.7. The molecule has 132 valence electrons. The van der Waals surface area contributed by atoms with Gasteiger partial charge in [-0.15, -0.1) is 0 Å². The zero-order valence-electron chi connectivity index (χ0n) is 14.8. The summed E-state index contributed by atoms with van der Waals surface area (Å²) in [5, 5.41) is 0. The smallest absolute Gasteiger partial charge is 0.394 e. The van der Waals surface area contributed by atoms with E-state index in [1.54, 1.807) is 13.0 Å². The Kier molecular flexibility index (Phi) is 7.49. The molecule has 4 nitrogen and oxygen atoms in total. The summed E-state index contributed by atoms with van der Waals surface area (Å²) in [4.78, 5) is 28.5. The fraction of sp³-hybridized carbons (Fsp3) is 0.750. The third-order valence-corrected chi connectivity index (χ3v) is 5.35. The molecule has 0 aromatic carbocycles. The highest BCUT2D eigenvalue weighted by molar-refractivity contribution is 5.94. The van der Waals surface area contributed by atoms with Crippen molar-refractivity contribution in [1.29, 1.82) is 0 Å². The molecule has 0 aromatic rings. The first-order valence-electron chi connectivity index (χ1n) is 9.46. The topological polar surface area (TPSA) is 47.7 Å². The SMILES string of the molecule is [C-]#[N+]C(C(=O)OCC)C(=CC(=O)C1CCCCC1)C1CCCCC1. The van der Waals surface area contributed by atoms with Gasteiger partial charge in [0.15, 0.2) is 5.78 Å². The van der Waals surface area contributed by atoms with Gasteiger partial charge in [0, 0.05) is 11.5 Å². The first-order valence-corrected chi connectivity index (χ1v) is 9.46. The van der Waals surface area contributed by atoms with Gasteiger partial charge in [0.05, 0.1) is 6.61 Å². The van der Waals surface area contributed by atoms with Crippen LogP contribution in [-0.2, 0) is 14.3 Å². The Balaban J connectivity index is 2.23. The van der Waals surface area contributed by atoms with Crippen molar-refractivity contribution >= 4 is 11.8 Å². The number of rotatable bonds is 6. The molecular formula is C20H29NO3. The maximum atomic E-state index is 12.7. The molecule has 2 aliphatic carbocycles. The van der Waals surface area contributed by atoms with Gasteiger partial charge < -0.3 is 4.74 Å². The lowest BCUT2D eigenvalue weighted by Crippen LogP contribution is -2.29. The second-order valence-corrected chi connectivity index (χ2v) is 7.00. The van der Waals surface area contributed by atoms with Crippen LogP contribution in [0.3, 0.4) is 0 Å². The largest absolute Gasteiger partial charge is 0.460 e. The van der Waals surface area contributed by atoms with E-state index in [0.29, 0.717) is 0 Å². The summed E-state index contributed by atoms with van der Waals surface area (Å²) >= 11 is 0. The molecule has 2 aliphatic rings. The van der Waals surface area contributed by atoms with E-state index in [0.717, 1.165) is 56.9 Å². The number of carbonyl (C=O) groups is 2. The average Bonchev–Trinajstić information content (AvgIpc) is 2.63. The Morgan fingerprint density at radius 1 is 1.04 bits per heavy atom. The summed E-state index contributed by atoms with van der Waals surface area (Å²) in [6, 6.07) is -0.944. The first kappa shape index (κ1) is 18.7. The van der Waals surface area contributed by atoms with E-state index in [9.17, 15) is 9.59 Å². The molecule has 0 spiro atoms. The van der Waals surface area contributed by atoms with Gasteiger partial charge >= 0.3 is 12.0 Å². The molecule has 0 radical (unpaired) electrons. The molecule has 2 fully saturated rings. The van der Waals surface area contributed by atoms with Crippen LogP contribution in [-0.4, -0.2) is 24.4 Å². The lowest BCUT2D eigenvalue weighted by molar-refractivity contribution is -0.142. The van der Waals surface area contributed by atoms with Crippen LogP contribution in [0.25, 0.3) is 4.85 Å². The van der Waals surface area contributed by atoms with Gasteiger partial charge in [-0.25, -0.2) is 11.4 Å². The van der Waals surface area contributed by atoms with E-state index in [1.165, 1.54) is 12.8 Å². The van der Waals surface area contributed by atoms with Crippen molar-refractivity contribution in [2.45, 2.75) is 77.2 Å². The molecule has 0 bridgehead atoms. The van der Waals surface area contributed by atoms with Crippen LogP contribution in [0.15, 0.2) is 11.6 Å². The van der Waals surface area contributed by atoms with Gasteiger partial charge in [0.1, 0.15) is 0 Å². The summed E-state index contributed by atoms with van der Waals surface area (Å²) in [6.07, 6.45) is 12.3. The Bertz CT molecular complexity index is 505. The number of esters is 1. The van der Waals surface area contributed by atoms with Crippen molar-refractivity contribution in [3.8, 4) is 0 Å². The minimum absolute atomic E-state index is 0.0749. The summed E-state index contributed by atoms with van der Waals surface area (Å²) in [7, 11) is 0. The first-order chi connectivity index (χ1) is 11.7. The molecule has 1 atom stereocenters. The van der Waals surface area contributed by atoms with E-state index in [4.69, 9.17) is 11.3 Å². The van der Waals surface area contributed by atoms with Crippen molar-refractivity contribution in [1.82, 2.24) is 0 Å². The summed E-state index contributed by atoms with van der Waals surface area (Å²) < 4.78 is 5.09. The van der Waals surface area contributed by atoms with E-state index >= 15 is 0 Å². The predicted molar refractivity (Wildman–Crippen MR) is 93.3 cm³/mol. The van der Waals surface area contributed by atoms with Gasteiger partial charge in [-0.3, -0.25) is 9.64 Å². The van der Waals surface area contributed by atoms with Crippen LogP contribution in [0.2, 0.25) is 0 Å². The van der Waals surface area contributed by atoms with Gasteiger partial charge in [-0.05, 0) is 44.6 Å². The van der Waals surface area contributed by atoms with Crippen molar-refractivity contribution in [3.63, 3.8) is 0 Å². The van der Waals surface area contributed by atoms with Crippen molar-refractivity contribution in [2.24, 2.45) is 11.8 Å². The highest BCUT2D eigenvalue weighted by atomic mass is 16.5. The van der Waals surface area contributed by atoms with Crippen LogP contribution in [0.1, 0.15) is 71.1 Å². The summed E-state index contributed by atoms with van der Waals surface area (Å²) in [6.45, 7) is 9.49. The van der Waals surface area contributed by atoms with Crippen molar-refractivity contribution < 1.29 is 14.3 Å². The second-order valence-electron chi connectivity index (χ2n) is 7.00. The van der Waals surface area contributed by atoms with E-state index in [-0.39, 0.29) is 24.2 Å². The standard InChI is InChI=1S/C20H29NO3/c1-3-24-20(23)19(21-2)17(15-10-6-4-7-11-15)14-18(22)16-12-8-5-9-13-16/h14-16,19H,3-13H2,1H3. The molecule has 1 unspecified atom stereocenters. The maximum Gasteiger partial charge on any atom is 0.394 e. The summed E-state index contributed by atoms with van der Waals surface area (Å²) in [5.74, 6) is -0.130. The Morgan fingerprint density at radius 2 is 1.58 bits per heavy atom. The lowest BCUT2D eigenvalue weighted by atomic mass is 9.78. The van der Waals surface area contributed by atoms with Crippen LogP contribution < -0.4 is 0 Å². The molecule has 4 heteroatoms. The number of ketones is 1. The van der Waals surface area contributed by atoms with Crippen LogP contribution in [0.4, 0.5) is 0 Å². The Hall–Kier alpha value is -1.63. The number of ether oxygens (including phenoxy) is 1. The van der Waals surface area contributed by atoms with Crippen molar-refractivity contribution in [3.05, 3.63) is 23.1 Å². The average molecular weight is 331 g/mol. The molecule has 0 aromatic heterocycles. The number of allylic oxidation sites excluding steroid dienone is 1. The summed E-state index contributed by atoms with van der Waals surface area (Å²) in [5.41, 5.74) is 0.721. The van der Waals surface area contributed by atoms with E-state index < -0.39 is 12.0 Å². The zero-order valence-corrected chi connectivity index (χ0v) is 14.8. The van der Waals surface area contributed by atoms with Gasteiger partial charge in [0.2, 0.25) is 0 Å². The van der Waals surface area contributed by atoms with Crippen LogP contribution in [0, 0.1) is 18.4 Å². The minimum atomic E-state index is -0.944. The molecule has 2 rings (SSSR count). The fourth-order valence-electron chi connectivity index (χ4n) is 4.01. The highest BCUT2D eigenvalue weighted by Crippen LogP contribution is 2.34. The Morgan fingerprint density at radius 3 is 2.08 bits per heavy atom. The molecule has 0 aliphatic heterocycles. The highest BCUT2D eigenvalue weighted by Gasteiger charge is 2.36. The zero-order chi connectivity index (χ0) is 17.4. The third kappa shape index (κ3) is 4.93. The quantitative estimate of drug-likeness (QED) is 0.409. The normalized spacial score (nSPS) is 21.8. The minimum Gasteiger partial charge on any atom is -0.460 e. The predicted octanol–water partition coefficient (Wildman–Crippen LogP) is 4.49. The van der Waals surface area contributed by atoms with Gasteiger partial charge in [-0.1, -0.05) is 38.5 Å². The number of hydrogen-bond acceptors (Lipinski definition) is 3. The second kappa shape index (κ2) is 9.61. The fourth-order valence-corrected chi connectivity index (χ4v) is 4.01. The monoisotopic (exact) mass is 331 g/mol. The van der Waals surface area contributed by atoms with Crippen LogP contribution >= 0.6 is 0 Å². The molecule has 0 N–H and O–H groups in total. The van der Waals surface area contributed by atoms with Gasteiger partial charge in [-0.2, -0.15) is 0 Å². The Labute approximate surface area is 145 Å². The lowest BCUT2D eigenvalue weighted by Gasteiger charge is -2.25. The molecule has 0 heterocycles. The molecule has 0 amide bonds. The van der Waals surface area contributed by atoms with E-state index in [2.05, 4.69) is 4.85 Å². The van der Waals surface area contributed by atoms with Crippen molar-refractivity contribution in [2.75, 3.05) is 6.61 Å². The van der Waals surface area contributed by atoms with Crippen LogP contribution in [0.5, 0.6) is 0 Å². The van der Waals surface area contributed by atoms with Gasteiger partial charge in [0.25, 0.3) is 0 Å². The molecular weight excluding hydrogens is 302 g/mol. The third-order valence-electron chi connectivity index (χ3n) is 5.35. The number of carbonyl (C=O) groups excluding carboxylic acids is 2. The molecule has 24 heavy (non-hydrogen) atoms. The van der Waals surface area contributed by atoms with E-state index in [1.807, 2.05) is 0 Å². The number of hydrogen-bond donors (Lipinski definition) is 0. The molecule has 2 saturated carbocycles. The molecule has 0 saturated heterocycles. The number of nitrogens with zero attached hydrogens (tertiary/aromatic N) is 1.